The summed E-state index contributed by atoms with van der Waals surface area (Å²) in [7, 11) is 0. The standard InChI is InChI=1S/C27H39N3S/c1-2-3-5-14-24-25(30-19-6-4-7-20-30)16-15-21-10-8-11-22(26(21)24)17-18-28-27(31)29-23-12-9-13-23/h8,10-11,15-16,23H,2-7,9,12-14,17-20H2,1H3,(H2,28,29,31). The van der Waals surface area contributed by atoms with Gasteiger partial charge in [0.05, 0.1) is 0 Å². The van der Waals surface area contributed by atoms with Gasteiger partial charge in [0.25, 0.3) is 0 Å². The van der Waals surface area contributed by atoms with E-state index in [1.54, 1.807) is 5.56 Å². The number of nitrogens with one attached hydrogen (secondary N) is 2. The van der Waals surface area contributed by atoms with Crippen LogP contribution in [0.25, 0.3) is 10.8 Å². The Hall–Kier alpha value is -1.81. The average molecular weight is 438 g/mol. The Morgan fingerprint density at radius 3 is 2.58 bits per heavy atom. The maximum atomic E-state index is 5.52. The van der Waals surface area contributed by atoms with Crippen molar-refractivity contribution in [2.24, 2.45) is 0 Å². The summed E-state index contributed by atoms with van der Waals surface area (Å²) in [5.41, 5.74) is 4.53. The zero-order valence-electron chi connectivity index (χ0n) is 19.2. The van der Waals surface area contributed by atoms with Crippen LogP contribution in [-0.4, -0.2) is 30.8 Å². The first-order chi connectivity index (χ1) is 15.3. The fourth-order valence-corrected chi connectivity index (χ4v) is 5.34. The van der Waals surface area contributed by atoms with Crippen LogP contribution in [-0.2, 0) is 12.8 Å². The van der Waals surface area contributed by atoms with Crippen molar-refractivity contribution in [3.63, 3.8) is 0 Å². The second-order valence-corrected chi connectivity index (χ2v) is 9.77. The summed E-state index contributed by atoms with van der Waals surface area (Å²) in [4.78, 5) is 2.65. The fraction of sp³-hybridized carbons (Fsp3) is 0.593. The lowest BCUT2D eigenvalue weighted by atomic mass is 9.92. The van der Waals surface area contributed by atoms with E-state index in [1.807, 2.05) is 0 Å². The fourth-order valence-electron chi connectivity index (χ4n) is 5.07. The number of rotatable bonds is 9. The van der Waals surface area contributed by atoms with Crippen LogP contribution in [0.4, 0.5) is 5.69 Å². The van der Waals surface area contributed by atoms with Crippen LogP contribution in [0.5, 0.6) is 0 Å². The van der Waals surface area contributed by atoms with Crippen molar-refractivity contribution in [2.75, 3.05) is 24.5 Å². The van der Waals surface area contributed by atoms with E-state index in [2.05, 4.69) is 52.8 Å². The summed E-state index contributed by atoms with van der Waals surface area (Å²) in [5.74, 6) is 0. The summed E-state index contributed by atoms with van der Waals surface area (Å²) in [5, 5.41) is 10.6. The highest BCUT2D eigenvalue weighted by molar-refractivity contribution is 7.80. The number of hydrogen-bond donors (Lipinski definition) is 2. The third-order valence-corrected chi connectivity index (χ3v) is 7.32. The summed E-state index contributed by atoms with van der Waals surface area (Å²) < 4.78 is 0. The number of hydrogen-bond acceptors (Lipinski definition) is 2. The van der Waals surface area contributed by atoms with E-state index < -0.39 is 0 Å². The van der Waals surface area contributed by atoms with Gasteiger partial charge in [0.2, 0.25) is 0 Å². The average Bonchev–Trinajstić information content (AvgIpc) is 2.77. The van der Waals surface area contributed by atoms with Crippen molar-refractivity contribution < 1.29 is 0 Å². The summed E-state index contributed by atoms with van der Waals surface area (Å²) in [6, 6.07) is 12.2. The second kappa shape index (κ2) is 11.2. The molecule has 1 aliphatic heterocycles. The van der Waals surface area contributed by atoms with Crippen LogP contribution in [0.15, 0.2) is 30.3 Å². The van der Waals surface area contributed by atoms with Gasteiger partial charge in [-0.2, -0.15) is 0 Å². The number of aryl methyl sites for hydroxylation is 1. The molecule has 2 N–H and O–H groups in total. The molecule has 2 fully saturated rings. The minimum Gasteiger partial charge on any atom is -0.371 e. The predicted octanol–water partition coefficient (Wildman–Crippen LogP) is 6.12. The second-order valence-electron chi connectivity index (χ2n) is 9.36. The van der Waals surface area contributed by atoms with Gasteiger partial charge >= 0.3 is 0 Å². The maximum Gasteiger partial charge on any atom is 0.166 e. The normalized spacial score (nSPS) is 16.9. The van der Waals surface area contributed by atoms with Crippen LogP contribution < -0.4 is 15.5 Å². The molecule has 2 aromatic carbocycles. The van der Waals surface area contributed by atoms with E-state index in [0.717, 1.165) is 18.1 Å². The van der Waals surface area contributed by atoms with Gasteiger partial charge in [-0.15, -0.1) is 0 Å². The van der Waals surface area contributed by atoms with E-state index in [9.17, 15) is 0 Å². The van der Waals surface area contributed by atoms with Gasteiger partial charge in [0, 0.05) is 31.4 Å². The van der Waals surface area contributed by atoms with E-state index in [4.69, 9.17) is 12.2 Å². The van der Waals surface area contributed by atoms with Crippen LogP contribution in [0.3, 0.4) is 0 Å². The van der Waals surface area contributed by atoms with Gasteiger partial charge in [0.1, 0.15) is 0 Å². The van der Waals surface area contributed by atoms with E-state index in [1.165, 1.54) is 99.3 Å². The number of thiocarbonyl (C=S) groups is 1. The third kappa shape index (κ3) is 5.71. The molecule has 168 valence electrons. The topological polar surface area (TPSA) is 27.3 Å². The highest BCUT2D eigenvalue weighted by Crippen LogP contribution is 2.34. The lowest BCUT2D eigenvalue weighted by Crippen LogP contribution is -2.45. The molecule has 0 bridgehead atoms. The quantitative estimate of drug-likeness (QED) is 0.365. The molecule has 2 aromatic rings. The van der Waals surface area contributed by atoms with E-state index in [-0.39, 0.29) is 0 Å². The molecule has 3 nitrogen and oxygen atoms in total. The Morgan fingerprint density at radius 1 is 1.00 bits per heavy atom. The van der Waals surface area contributed by atoms with Crippen molar-refractivity contribution >= 4 is 33.8 Å². The zero-order valence-corrected chi connectivity index (χ0v) is 20.0. The zero-order chi connectivity index (χ0) is 21.5. The number of anilines is 1. The summed E-state index contributed by atoms with van der Waals surface area (Å²) in [6.07, 6.45) is 13.9. The highest BCUT2D eigenvalue weighted by atomic mass is 32.1. The Bertz CT molecular complexity index is 868. The first kappa shape index (κ1) is 22.4. The number of piperidine rings is 1. The van der Waals surface area contributed by atoms with E-state index >= 15 is 0 Å². The third-order valence-electron chi connectivity index (χ3n) is 7.06. The number of benzene rings is 2. The molecule has 4 heteroatoms. The maximum absolute atomic E-state index is 5.52. The van der Waals surface area contributed by atoms with Crippen LogP contribution in [0.1, 0.15) is 75.8 Å². The summed E-state index contributed by atoms with van der Waals surface area (Å²) >= 11 is 5.52. The molecule has 0 radical (unpaired) electrons. The smallest absolute Gasteiger partial charge is 0.166 e. The van der Waals surface area contributed by atoms with Crippen molar-refractivity contribution in [3.8, 4) is 0 Å². The highest BCUT2D eigenvalue weighted by Gasteiger charge is 2.19. The monoisotopic (exact) mass is 437 g/mol. The molecule has 1 saturated carbocycles. The molecule has 0 aromatic heterocycles. The molecular formula is C27H39N3S. The lowest BCUT2D eigenvalue weighted by Gasteiger charge is -2.32. The molecule has 2 aliphatic rings. The Balaban J connectivity index is 1.55. The molecule has 0 amide bonds. The molecule has 31 heavy (non-hydrogen) atoms. The van der Waals surface area contributed by atoms with Crippen LogP contribution in [0, 0.1) is 0 Å². The minimum atomic E-state index is 0.592. The van der Waals surface area contributed by atoms with Gasteiger partial charge in [-0.25, -0.2) is 0 Å². The molecule has 1 saturated heterocycles. The van der Waals surface area contributed by atoms with Gasteiger partial charge < -0.3 is 15.5 Å². The Kier molecular flexibility index (Phi) is 8.07. The number of unbranched alkanes of at least 4 members (excludes halogenated alkanes) is 2. The van der Waals surface area contributed by atoms with Crippen LogP contribution in [0.2, 0.25) is 0 Å². The molecular weight excluding hydrogens is 398 g/mol. The first-order valence-electron chi connectivity index (χ1n) is 12.6. The van der Waals surface area contributed by atoms with Gasteiger partial charge in [-0.05, 0) is 98.0 Å². The van der Waals surface area contributed by atoms with Gasteiger partial charge in [0.15, 0.2) is 5.11 Å². The summed E-state index contributed by atoms with van der Waals surface area (Å²) in [6.45, 7) is 5.60. The molecule has 0 spiro atoms. The van der Waals surface area contributed by atoms with Crippen LogP contribution >= 0.6 is 12.2 Å². The Morgan fingerprint density at radius 2 is 1.84 bits per heavy atom. The first-order valence-corrected chi connectivity index (χ1v) is 13.0. The molecule has 0 unspecified atom stereocenters. The van der Waals surface area contributed by atoms with Gasteiger partial charge in [-0.3, -0.25) is 0 Å². The SMILES string of the molecule is CCCCCc1c(N2CCCCC2)ccc2cccc(CCNC(=S)NC3CCC3)c12. The van der Waals surface area contributed by atoms with Crippen molar-refractivity contribution in [1.29, 1.82) is 0 Å². The number of fused-ring (bicyclic) bond motifs is 1. The minimum absolute atomic E-state index is 0.592. The number of nitrogens with zero attached hydrogens (tertiary/aromatic N) is 1. The van der Waals surface area contributed by atoms with Gasteiger partial charge in [-0.1, -0.05) is 44.0 Å². The van der Waals surface area contributed by atoms with Crippen molar-refractivity contribution in [1.82, 2.24) is 10.6 Å². The molecule has 4 rings (SSSR count). The Labute approximate surface area is 194 Å². The molecule has 0 atom stereocenters. The lowest BCUT2D eigenvalue weighted by molar-refractivity contribution is 0.382. The van der Waals surface area contributed by atoms with E-state index in [0.29, 0.717) is 6.04 Å². The predicted molar refractivity (Wildman–Crippen MR) is 138 cm³/mol. The largest absolute Gasteiger partial charge is 0.371 e. The molecule has 1 aliphatic carbocycles. The molecule has 1 heterocycles. The van der Waals surface area contributed by atoms with Crippen molar-refractivity contribution in [3.05, 3.63) is 41.5 Å². The van der Waals surface area contributed by atoms with Crippen molar-refractivity contribution in [2.45, 2.75) is 83.6 Å².